The Morgan fingerprint density at radius 3 is 1.56 bits per heavy atom. The number of benzene rings is 1. The van der Waals surface area contributed by atoms with Crippen LogP contribution in [-0.2, 0) is 26.6 Å². The van der Waals surface area contributed by atoms with Crippen LogP contribution in [0.1, 0.15) is 57.9 Å². The highest BCUT2D eigenvalue weighted by atomic mass is 32.9. The van der Waals surface area contributed by atoms with Crippen LogP contribution in [0.2, 0.25) is 0 Å². The first-order valence-electron chi connectivity index (χ1n) is 8.81. The van der Waals surface area contributed by atoms with Gasteiger partial charge in [0.1, 0.15) is 0 Å². The van der Waals surface area contributed by atoms with Gasteiger partial charge in [0.25, 0.3) is 0 Å². The second kappa shape index (κ2) is 12.4. The zero-order chi connectivity index (χ0) is 20.4. The summed E-state index contributed by atoms with van der Waals surface area (Å²) >= 11 is 6.19. The maximum Gasteiger partial charge on any atom is 0.247 e. The first-order valence-corrected chi connectivity index (χ1v) is 13.0. The fourth-order valence-corrected chi connectivity index (χ4v) is 6.24. The molecule has 0 heterocycles. The zero-order valence-corrected chi connectivity index (χ0v) is 17.9. The van der Waals surface area contributed by atoms with Crippen molar-refractivity contribution in [3.05, 3.63) is 34.6 Å². The van der Waals surface area contributed by atoms with Crippen LogP contribution < -0.4 is 0 Å². The molecule has 2 nitrogen and oxygen atoms in total. The van der Waals surface area contributed by atoms with Crippen molar-refractivity contribution in [1.29, 1.82) is 0 Å². The van der Waals surface area contributed by atoms with E-state index in [0.29, 0.717) is 13.2 Å². The minimum Gasteiger partial charge on any atom is -0.322 e. The van der Waals surface area contributed by atoms with E-state index < -0.39 is 46.1 Å². The summed E-state index contributed by atoms with van der Waals surface area (Å²) in [6.45, 7) is 4.69. The van der Waals surface area contributed by atoms with E-state index in [-0.39, 0.29) is 0 Å². The minimum absolute atomic E-state index is 0.322. The van der Waals surface area contributed by atoms with Crippen molar-refractivity contribution in [2.24, 2.45) is 0 Å². The molecule has 0 spiro atoms. The third-order valence-corrected chi connectivity index (χ3v) is 8.94. The highest BCUT2D eigenvalue weighted by molar-refractivity contribution is 8.67. The van der Waals surface area contributed by atoms with Crippen molar-refractivity contribution >= 4 is 28.9 Å². The van der Waals surface area contributed by atoms with E-state index in [1.165, 1.54) is 0 Å². The molecule has 156 valence electrons. The molecule has 10 heteroatoms. The molecular formula is C17H24F5O2PS2. The van der Waals surface area contributed by atoms with Crippen LogP contribution in [0, 0.1) is 29.1 Å². The Morgan fingerprint density at radius 2 is 1.15 bits per heavy atom. The Bertz CT molecular complexity index is 616. The monoisotopic (exact) mass is 450 g/mol. The number of halogens is 5. The number of rotatable bonds is 13. The Kier molecular flexibility index (Phi) is 11.4. The zero-order valence-electron chi connectivity index (χ0n) is 15.3. The molecule has 0 radical (unpaired) electrons. The summed E-state index contributed by atoms with van der Waals surface area (Å²) in [5.41, 5.74) is -3.89. The standard InChI is InChI=1S/C17H24F5O2PS2/c1-3-5-7-9-23-25(26,24-10-8-6-4-2)27-11-12-13(18)15(20)17(22)16(21)14(12)19/h3-11H2,1-2H3. The molecule has 0 aromatic heterocycles. The highest BCUT2D eigenvalue weighted by Gasteiger charge is 2.28. The van der Waals surface area contributed by atoms with E-state index in [0.717, 1.165) is 49.9 Å². The van der Waals surface area contributed by atoms with E-state index >= 15 is 0 Å². The third-order valence-electron chi connectivity index (χ3n) is 3.66. The number of hydrogen-bond acceptors (Lipinski definition) is 4. The van der Waals surface area contributed by atoms with Crippen LogP contribution in [0.3, 0.4) is 0 Å². The SMILES string of the molecule is CCCCCOP(=S)(OCCCCC)SCc1c(F)c(F)c(F)c(F)c1F. The van der Waals surface area contributed by atoms with Gasteiger partial charge in [-0.25, -0.2) is 22.0 Å². The predicted molar refractivity (Wildman–Crippen MR) is 103 cm³/mol. The fourth-order valence-electron chi connectivity index (χ4n) is 2.09. The van der Waals surface area contributed by atoms with Crippen molar-refractivity contribution in [2.45, 2.75) is 58.1 Å². The summed E-state index contributed by atoms with van der Waals surface area (Å²) in [5.74, 6) is -10.3. The number of hydrogen-bond donors (Lipinski definition) is 0. The van der Waals surface area contributed by atoms with Crippen molar-refractivity contribution in [3.8, 4) is 0 Å². The van der Waals surface area contributed by atoms with Gasteiger partial charge in [-0.2, -0.15) is 0 Å². The highest BCUT2D eigenvalue weighted by Crippen LogP contribution is 2.62. The van der Waals surface area contributed by atoms with Gasteiger partial charge >= 0.3 is 0 Å². The summed E-state index contributed by atoms with van der Waals surface area (Å²) in [7, 11) is 0. The molecule has 1 aromatic rings. The van der Waals surface area contributed by atoms with Gasteiger partial charge < -0.3 is 9.05 Å². The van der Waals surface area contributed by atoms with Crippen molar-refractivity contribution < 1.29 is 31.0 Å². The average molecular weight is 450 g/mol. The molecule has 0 aliphatic rings. The summed E-state index contributed by atoms with van der Waals surface area (Å²) in [6, 6.07) is 0. The lowest BCUT2D eigenvalue weighted by Crippen LogP contribution is -2.06. The molecule has 0 saturated heterocycles. The van der Waals surface area contributed by atoms with Crippen molar-refractivity contribution in [2.75, 3.05) is 13.2 Å². The largest absolute Gasteiger partial charge is 0.322 e. The lowest BCUT2D eigenvalue weighted by Gasteiger charge is -2.22. The van der Waals surface area contributed by atoms with Crippen LogP contribution >= 0.6 is 17.1 Å². The molecule has 0 amide bonds. The van der Waals surface area contributed by atoms with Crippen LogP contribution in [0.15, 0.2) is 0 Å². The maximum atomic E-state index is 13.8. The predicted octanol–water partition coefficient (Wildman–Crippen LogP) is 7.25. The average Bonchev–Trinajstić information content (AvgIpc) is 2.65. The Hall–Kier alpha value is -0.210. The molecule has 1 rings (SSSR count). The second-order valence-corrected chi connectivity index (χ2v) is 12.2. The van der Waals surface area contributed by atoms with E-state index in [1.807, 2.05) is 13.8 Å². The van der Waals surface area contributed by atoms with Crippen LogP contribution in [0.5, 0.6) is 0 Å². The normalized spacial score (nSPS) is 12.0. The molecule has 0 N–H and O–H groups in total. The molecule has 1 aromatic carbocycles. The van der Waals surface area contributed by atoms with Gasteiger partial charge in [-0.15, -0.1) is 0 Å². The van der Waals surface area contributed by atoms with Crippen LogP contribution in [-0.4, -0.2) is 13.2 Å². The summed E-state index contributed by atoms with van der Waals surface area (Å²) in [4.78, 5) is 0. The van der Waals surface area contributed by atoms with E-state index in [9.17, 15) is 22.0 Å². The van der Waals surface area contributed by atoms with E-state index in [4.69, 9.17) is 20.9 Å². The van der Waals surface area contributed by atoms with Crippen LogP contribution in [0.4, 0.5) is 22.0 Å². The molecule has 0 saturated carbocycles. The molecular weight excluding hydrogens is 426 g/mol. The van der Waals surface area contributed by atoms with Gasteiger partial charge in [-0.1, -0.05) is 50.9 Å². The quantitative estimate of drug-likeness (QED) is 0.104. The first-order chi connectivity index (χ1) is 12.8. The van der Waals surface area contributed by atoms with Gasteiger partial charge in [0.15, 0.2) is 23.3 Å². The topological polar surface area (TPSA) is 18.5 Å². The smallest absolute Gasteiger partial charge is 0.247 e. The maximum absolute atomic E-state index is 13.8. The van der Waals surface area contributed by atoms with Gasteiger partial charge in [0.2, 0.25) is 11.5 Å². The Balaban J connectivity index is 2.87. The van der Waals surface area contributed by atoms with Gasteiger partial charge in [0.05, 0.1) is 13.2 Å². The number of unbranched alkanes of at least 4 members (excludes halogenated alkanes) is 4. The molecule has 0 atom stereocenters. The fraction of sp³-hybridized carbons (Fsp3) is 0.647. The molecule has 0 aliphatic carbocycles. The lowest BCUT2D eigenvalue weighted by atomic mass is 10.2. The molecule has 0 unspecified atom stereocenters. The summed E-state index contributed by atoms with van der Waals surface area (Å²) in [5, 5.41) is 0. The first kappa shape index (κ1) is 24.8. The third kappa shape index (κ3) is 7.61. The Labute approximate surface area is 166 Å². The molecule has 0 fully saturated rings. The van der Waals surface area contributed by atoms with E-state index in [2.05, 4.69) is 0 Å². The second-order valence-electron chi connectivity index (χ2n) is 5.85. The summed E-state index contributed by atoms with van der Waals surface area (Å²) in [6.07, 6.45) is 5.29. The van der Waals surface area contributed by atoms with E-state index in [1.54, 1.807) is 0 Å². The van der Waals surface area contributed by atoms with Gasteiger partial charge in [-0.3, -0.25) is 0 Å². The Morgan fingerprint density at radius 1 is 0.741 bits per heavy atom. The van der Waals surface area contributed by atoms with Gasteiger partial charge in [0, 0.05) is 11.3 Å². The summed E-state index contributed by atoms with van der Waals surface area (Å²) < 4.78 is 78.9. The van der Waals surface area contributed by atoms with Crippen molar-refractivity contribution in [3.63, 3.8) is 0 Å². The lowest BCUT2D eigenvalue weighted by molar-refractivity contribution is 0.250. The molecule has 27 heavy (non-hydrogen) atoms. The molecule has 0 aliphatic heterocycles. The van der Waals surface area contributed by atoms with Crippen molar-refractivity contribution in [1.82, 2.24) is 0 Å². The minimum atomic E-state index is -2.97. The van der Waals surface area contributed by atoms with Crippen LogP contribution in [0.25, 0.3) is 0 Å². The molecule has 0 bridgehead atoms. The van der Waals surface area contributed by atoms with Gasteiger partial charge in [-0.05, 0) is 24.6 Å².